The smallest absolute Gasteiger partial charge is 0.310 e. The summed E-state index contributed by atoms with van der Waals surface area (Å²) in [5.74, 6) is 0.0564. The number of rotatable bonds is 3. The summed E-state index contributed by atoms with van der Waals surface area (Å²) in [7, 11) is 1.38. The molecule has 0 fully saturated rings. The number of carbonyl (C=O) groups is 1. The first-order valence-corrected chi connectivity index (χ1v) is 6.32. The molecule has 1 aliphatic rings. The van der Waals surface area contributed by atoms with Gasteiger partial charge in [0, 0.05) is 10.5 Å². The highest BCUT2D eigenvalue weighted by atomic mass is 32.1. The van der Waals surface area contributed by atoms with E-state index in [1.165, 1.54) is 7.11 Å². The van der Waals surface area contributed by atoms with E-state index in [1.807, 2.05) is 17.5 Å². The minimum absolute atomic E-state index is 0.254. The first kappa shape index (κ1) is 11.9. The molecule has 90 valence electrons. The Morgan fingerprint density at radius 2 is 2.41 bits per heavy atom. The highest BCUT2D eigenvalue weighted by molar-refractivity contribution is 7.11. The van der Waals surface area contributed by atoms with Crippen molar-refractivity contribution in [2.45, 2.75) is 19.3 Å². The maximum Gasteiger partial charge on any atom is 0.310 e. The Morgan fingerprint density at radius 1 is 1.59 bits per heavy atom. The molecule has 2 rings (SSSR count). The number of allylic oxidation sites excluding steroid dienone is 3. The van der Waals surface area contributed by atoms with Crippen molar-refractivity contribution < 1.29 is 14.6 Å². The third kappa shape index (κ3) is 2.58. The van der Waals surface area contributed by atoms with Crippen molar-refractivity contribution in [2.75, 3.05) is 7.11 Å². The van der Waals surface area contributed by atoms with Gasteiger partial charge < -0.3 is 9.84 Å². The van der Waals surface area contributed by atoms with Gasteiger partial charge in [-0.05, 0) is 35.9 Å². The van der Waals surface area contributed by atoms with E-state index in [1.54, 1.807) is 17.4 Å². The molecular weight excluding hydrogens is 236 g/mol. The molecule has 0 radical (unpaired) electrons. The Hall–Kier alpha value is -1.55. The first-order chi connectivity index (χ1) is 8.22. The largest absolute Gasteiger partial charge is 0.508 e. The SMILES string of the molecule is COC(=O)Cc1ccsc1C1=C(O)C=CCC1. The summed E-state index contributed by atoms with van der Waals surface area (Å²) in [6.45, 7) is 0. The van der Waals surface area contributed by atoms with E-state index in [9.17, 15) is 9.90 Å². The summed E-state index contributed by atoms with van der Waals surface area (Å²) in [6, 6.07) is 1.91. The minimum atomic E-state index is -0.254. The predicted molar refractivity (Wildman–Crippen MR) is 68.0 cm³/mol. The second kappa shape index (κ2) is 5.19. The second-order valence-electron chi connectivity index (χ2n) is 3.83. The number of thiophene rings is 1. The summed E-state index contributed by atoms with van der Waals surface area (Å²) in [6.07, 6.45) is 5.68. The van der Waals surface area contributed by atoms with Crippen LogP contribution in [-0.2, 0) is 16.0 Å². The molecule has 3 nitrogen and oxygen atoms in total. The Balaban J connectivity index is 2.30. The van der Waals surface area contributed by atoms with E-state index in [0.29, 0.717) is 5.76 Å². The first-order valence-electron chi connectivity index (χ1n) is 5.44. The summed E-state index contributed by atoms with van der Waals surface area (Å²) < 4.78 is 4.67. The van der Waals surface area contributed by atoms with E-state index >= 15 is 0 Å². The molecule has 4 heteroatoms. The van der Waals surface area contributed by atoms with Crippen LogP contribution in [0.25, 0.3) is 5.57 Å². The molecule has 0 atom stereocenters. The maximum atomic E-state index is 11.3. The monoisotopic (exact) mass is 250 g/mol. The van der Waals surface area contributed by atoms with Crippen LogP contribution in [0.4, 0.5) is 0 Å². The van der Waals surface area contributed by atoms with Crippen LogP contribution in [-0.4, -0.2) is 18.2 Å². The van der Waals surface area contributed by atoms with Gasteiger partial charge >= 0.3 is 5.97 Å². The van der Waals surface area contributed by atoms with Gasteiger partial charge in [0.15, 0.2) is 0 Å². The summed E-state index contributed by atoms with van der Waals surface area (Å²) >= 11 is 1.55. The molecule has 0 amide bonds. The van der Waals surface area contributed by atoms with Crippen LogP contribution in [0.3, 0.4) is 0 Å². The lowest BCUT2D eigenvalue weighted by molar-refractivity contribution is -0.139. The number of aliphatic hydroxyl groups is 1. The fourth-order valence-corrected chi connectivity index (χ4v) is 2.86. The molecule has 1 N–H and O–H groups in total. The van der Waals surface area contributed by atoms with Crippen molar-refractivity contribution >= 4 is 22.9 Å². The second-order valence-corrected chi connectivity index (χ2v) is 4.75. The van der Waals surface area contributed by atoms with Gasteiger partial charge in [-0.3, -0.25) is 4.79 Å². The molecule has 0 saturated heterocycles. The number of aliphatic hydroxyl groups excluding tert-OH is 1. The molecule has 1 heterocycles. The Morgan fingerprint density at radius 3 is 3.12 bits per heavy atom. The van der Waals surface area contributed by atoms with Gasteiger partial charge in [-0.2, -0.15) is 0 Å². The third-order valence-corrected chi connectivity index (χ3v) is 3.75. The third-order valence-electron chi connectivity index (χ3n) is 2.73. The molecule has 0 aromatic carbocycles. The van der Waals surface area contributed by atoms with Crippen molar-refractivity contribution in [3.63, 3.8) is 0 Å². The molecule has 0 saturated carbocycles. The number of carbonyl (C=O) groups excluding carboxylic acids is 1. The molecule has 1 aromatic heterocycles. The normalized spacial score (nSPS) is 15.1. The maximum absolute atomic E-state index is 11.3. The molecule has 17 heavy (non-hydrogen) atoms. The van der Waals surface area contributed by atoms with E-state index in [4.69, 9.17) is 0 Å². The average molecular weight is 250 g/mol. The van der Waals surface area contributed by atoms with E-state index in [0.717, 1.165) is 28.9 Å². The lowest BCUT2D eigenvalue weighted by Gasteiger charge is -2.12. The Bertz CT molecular complexity index is 483. The number of ether oxygens (including phenoxy) is 1. The molecule has 0 aliphatic heterocycles. The van der Waals surface area contributed by atoms with Crippen molar-refractivity contribution in [1.29, 1.82) is 0 Å². The predicted octanol–water partition coefficient (Wildman–Crippen LogP) is 3.08. The summed E-state index contributed by atoms with van der Waals surface area (Å²) in [4.78, 5) is 12.3. The van der Waals surface area contributed by atoms with Crippen LogP contribution in [0.2, 0.25) is 0 Å². The zero-order chi connectivity index (χ0) is 12.3. The zero-order valence-corrected chi connectivity index (χ0v) is 10.4. The van der Waals surface area contributed by atoms with Crippen LogP contribution in [0, 0.1) is 0 Å². The topological polar surface area (TPSA) is 46.5 Å². The fourth-order valence-electron chi connectivity index (χ4n) is 1.85. The van der Waals surface area contributed by atoms with E-state index in [2.05, 4.69) is 4.74 Å². The van der Waals surface area contributed by atoms with Gasteiger partial charge in [-0.1, -0.05) is 6.08 Å². The lowest BCUT2D eigenvalue weighted by atomic mass is 9.99. The van der Waals surface area contributed by atoms with Crippen molar-refractivity contribution in [3.05, 3.63) is 39.8 Å². The lowest BCUT2D eigenvalue weighted by Crippen LogP contribution is -2.05. The van der Waals surface area contributed by atoms with Gasteiger partial charge in [0.25, 0.3) is 0 Å². The average Bonchev–Trinajstić information content (AvgIpc) is 2.77. The fraction of sp³-hybridized carbons (Fsp3) is 0.308. The Labute approximate surface area is 104 Å². The van der Waals surface area contributed by atoms with Gasteiger partial charge in [0.2, 0.25) is 0 Å². The number of hydrogen-bond donors (Lipinski definition) is 1. The molecule has 1 aromatic rings. The Kier molecular flexibility index (Phi) is 3.64. The number of hydrogen-bond acceptors (Lipinski definition) is 4. The molecule has 1 aliphatic carbocycles. The van der Waals surface area contributed by atoms with Crippen LogP contribution in [0.15, 0.2) is 29.4 Å². The van der Waals surface area contributed by atoms with Crippen LogP contribution in [0.5, 0.6) is 0 Å². The van der Waals surface area contributed by atoms with Crippen LogP contribution < -0.4 is 0 Å². The standard InChI is InChI=1S/C13H14O3S/c1-16-12(15)8-9-6-7-17-13(9)10-4-2-3-5-11(10)14/h3,5-7,14H,2,4,8H2,1H3. The summed E-state index contributed by atoms with van der Waals surface area (Å²) in [5.41, 5.74) is 1.86. The molecule has 0 bridgehead atoms. The summed E-state index contributed by atoms with van der Waals surface area (Å²) in [5, 5.41) is 11.8. The molecule has 0 unspecified atom stereocenters. The van der Waals surface area contributed by atoms with Crippen LogP contribution in [0.1, 0.15) is 23.3 Å². The quantitative estimate of drug-likeness (QED) is 0.838. The van der Waals surface area contributed by atoms with Crippen LogP contribution >= 0.6 is 11.3 Å². The molecular formula is C13H14O3S. The van der Waals surface area contributed by atoms with Crippen molar-refractivity contribution in [2.24, 2.45) is 0 Å². The van der Waals surface area contributed by atoms with Crippen molar-refractivity contribution in [1.82, 2.24) is 0 Å². The number of methoxy groups -OCH3 is 1. The van der Waals surface area contributed by atoms with Gasteiger partial charge in [-0.25, -0.2) is 0 Å². The van der Waals surface area contributed by atoms with E-state index in [-0.39, 0.29) is 12.4 Å². The molecule has 0 spiro atoms. The van der Waals surface area contributed by atoms with Gasteiger partial charge in [0.1, 0.15) is 5.76 Å². The van der Waals surface area contributed by atoms with E-state index < -0.39 is 0 Å². The van der Waals surface area contributed by atoms with Gasteiger partial charge in [0.05, 0.1) is 13.5 Å². The van der Waals surface area contributed by atoms with Crippen molar-refractivity contribution in [3.8, 4) is 0 Å². The zero-order valence-electron chi connectivity index (χ0n) is 9.60. The van der Waals surface area contributed by atoms with Gasteiger partial charge in [-0.15, -0.1) is 11.3 Å². The highest BCUT2D eigenvalue weighted by Crippen LogP contribution is 2.33. The highest BCUT2D eigenvalue weighted by Gasteiger charge is 2.17. The number of esters is 1. The minimum Gasteiger partial charge on any atom is -0.508 e.